The first-order chi connectivity index (χ1) is 13.4. The molecule has 144 valence electrons. The van der Waals surface area contributed by atoms with Crippen molar-refractivity contribution >= 4 is 6.16 Å². The summed E-state index contributed by atoms with van der Waals surface area (Å²) >= 11 is -1.82. The largest absolute Gasteiger partial charge is 1.00 e. The Hall–Kier alpha value is -1.18. The van der Waals surface area contributed by atoms with E-state index in [4.69, 9.17) is 0 Å². The van der Waals surface area contributed by atoms with Gasteiger partial charge in [-0.15, -0.1) is 0 Å². The zero-order valence-corrected chi connectivity index (χ0v) is 21.2. The summed E-state index contributed by atoms with van der Waals surface area (Å²) in [7, 11) is 0. The van der Waals surface area contributed by atoms with Gasteiger partial charge in [0.05, 0.1) is 0 Å². The zero-order valence-electron chi connectivity index (χ0n) is 16.1. The first-order valence-electron chi connectivity index (χ1n) is 9.70. The molecule has 3 aromatic rings. The second-order valence-corrected chi connectivity index (χ2v) is 20.0. The summed E-state index contributed by atoms with van der Waals surface area (Å²) in [6.07, 6.45) is 8.82. The molecule has 0 fully saturated rings. The molecule has 0 amide bonds. The number of hydrogen-bond acceptors (Lipinski definition) is 0. The maximum absolute atomic E-state index is 2.47. The monoisotopic (exact) mass is 510 g/mol. The Balaban J connectivity index is 0.00000120. The maximum Gasteiger partial charge on any atom is -1.00 e. The van der Waals surface area contributed by atoms with E-state index in [0.717, 1.165) is 0 Å². The summed E-state index contributed by atoms with van der Waals surface area (Å²) in [5.41, 5.74) is 7.73. The van der Waals surface area contributed by atoms with E-state index < -0.39 is 20.4 Å². The van der Waals surface area contributed by atoms with E-state index in [1.54, 1.807) is 11.1 Å². The second kappa shape index (κ2) is 10.2. The van der Waals surface area contributed by atoms with Crippen LogP contribution in [0, 0.1) is 0 Å². The predicted molar refractivity (Wildman–Crippen MR) is 113 cm³/mol. The summed E-state index contributed by atoms with van der Waals surface area (Å²) in [4.78, 5) is 0. The van der Waals surface area contributed by atoms with Crippen LogP contribution in [0.3, 0.4) is 0 Å². The summed E-state index contributed by atoms with van der Waals surface area (Å²) in [5, 5.41) is 0. The predicted octanol–water partition coefficient (Wildman–Crippen LogP) is -0.222. The van der Waals surface area contributed by atoms with Gasteiger partial charge in [-0.05, 0) is 0 Å². The average Bonchev–Trinajstić information content (AvgIpc) is 3.37. The Bertz CT molecular complexity index is 1040. The number of hydrogen-bond donors (Lipinski definition) is 0. The van der Waals surface area contributed by atoms with Crippen LogP contribution in [0.5, 0.6) is 0 Å². The third kappa shape index (κ3) is 4.47. The summed E-state index contributed by atoms with van der Waals surface area (Å²) in [6, 6.07) is 30.8. The molecule has 4 heteroatoms. The van der Waals surface area contributed by atoms with Gasteiger partial charge in [0.1, 0.15) is 0 Å². The molecule has 0 saturated heterocycles. The van der Waals surface area contributed by atoms with E-state index in [2.05, 4.69) is 97.1 Å². The molecule has 0 saturated carbocycles. The van der Waals surface area contributed by atoms with Crippen LogP contribution >= 0.6 is 0 Å². The fourth-order valence-corrected chi connectivity index (χ4v) is 21.5. The zero-order chi connectivity index (χ0) is 18.1. The number of allylic oxidation sites excluding steroid dienone is 4. The molecule has 0 N–H and O–H groups in total. The Morgan fingerprint density at radius 1 is 0.759 bits per heavy atom. The van der Waals surface area contributed by atoms with E-state index >= 15 is 0 Å². The standard InChI is InChI=1S/C13H9.C7H8Si.C5H5.2ClH.Zr/c1-3-7-12-10(5-1)9-11-6-2-4-8-13(11)12;8-6-7-4-2-1-3-5-7;1-2-4-5-3-1;;;/h1-9H;1-5,8H,6H2;1-3H,4H2;2*1H;/q;;;;;+2/p-2. The van der Waals surface area contributed by atoms with E-state index in [0.29, 0.717) is 9.78 Å². The first kappa shape index (κ1) is 22.5. The number of fused-ring (bicyclic) bond motifs is 3. The molecule has 0 atom stereocenters. The Morgan fingerprint density at radius 3 is 1.93 bits per heavy atom. The minimum atomic E-state index is -1.82. The van der Waals surface area contributed by atoms with Gasteiger partial charge in [-0.2, -0.15) is 0 Å². The van der Waals surface area contributed by atoms with Gasteiger partial charge in [0.15, 0.2) is 0 Å². The van der Waals surface area contributed by atoms with Crippen molar-refractivity contribution in [3.05, 3.63) is 117 Å². The van der Waals surface area contributed by atoms with Crippen molar-refractivity contribution < 1.29 is 45.2 Å². The molecule has 0 spiro atoms. The van der Waals surface area contributed by atoms with Gasteiger partial charge in [0.2, 0.25) is 0 Å². The van der Waals surface area contributed by atoms with Crippen LogP contribution in [0.1, 0.15) is 26.7 Å². The minimum absolute atomic E-state index is 0. The van der Waals surface area contributed by atoms with Crippen molar-refractivity contribution in [1.29, 1.82) is 0 Å². The molecule has 29 heavy (non-hydrogen) atoms. The minimum Gasteiger partial charge on any atom is -1.00 e. The van der Waals surface area contributed by atoms with Crippen LogP contribution < -0.4 is 24.8 Å². The first-order valence-corrected chi connectivity index (χ1v) is 18.0. The van der Waals surface area contributed by atoms with E-state index in [1.807, 2.05) is 3.28 Å². The molecule has 3 aromatic carbocycles. The quantitative estimate of drug-likeness (QED) is 0.424. The number of rotatable bonds is 4. The molecule has 0 aromatic heterocycles. The van der Waals surface area contributed by atoms with E-state index in [-0.39, 0.29) is 24.8 Å². The fraction of sp³-hybridized carbons (Fsp3) is 0.120. The van der Waals surface area contributed by atoms with Gasteiger partial charge in [-0.3, -0.25) is 0 Å². The van der Waals surface area contributed by atoms with Gasteiger partial charge < -0.3 is 24.8 Å². The third-order valence-electron chi connectivity index (χ3n) is 5.69. The van der Waals surface area contributed by atoms with E-state index in [1.165, 1.54) is 29.2 Å². The van der Waals surface area contributed by atoms with Gasteiger partial charge in [-0.25, -0.2) is 0 Å². The number of benzene rings is 3. The van der Waals surface area contributed by atoms with Crippen LogP contribution in [0.25, 0.3) is 11.1 Å². The van der Waals surface area contributed by atoms with Crippen molar-refractivity contribution in [1.82, 2.24) is 0 Å². The van der Waals surface area contributed by atoms with E-state index in [9.17, 15) is 0 Å². The van der Waals surface area contributed by atoms with Crippen LogP contribution in [-0.4, -0.2) is 6.16 Å². The topological polar surface area (TPSA) is 0 Å². The third-order valence-corrected chi connectivity index (χ3v) is 21.5. The molecular formula is C25H22Cl2SiZr. The molecule has 0 aliphatic heterocycles. The molecule has 0 bridgehead atoms. The molecule has 0 nitrogen and oxygen atoms in total. The molecular weight excluding hydrogens is 490 g/mol. The van der Waals surface area contributed by atoms with Crippen molar-refractivity contribution in [2.24, 2.45) is 0 Å². The SMILES string of the molecule is C1=CC[C](/[Zr+2](=[SiH]\Cc2ccccc2)[CH]2c3ccccc3-c3ccccc32)=C1.[Cl-].[Cl-]. The van der Waals surface area contributed by atoms with Crippen molar-refractivity contribution in [2.45, 2.75) is 16.1 Å². The summed E-state index contributed by atoms with van der Waals surface area (Å²) < 4.78 is 2.52. The van der Waals surface area contributed by atoms with Gasteiger partial charge in [-0.1, -0.05) is 0 Å². The molecule has 5 rings (SSSR count). The number of halogens is 2. The van der Waals surface area contributed by atoms with Crippen LogP contribution in [0.4, 0.5) is 0 Å². The molecule has 0 unspecified atom stereocenters. The van der Waals surface area contributed by atoms with Crippen LogP contribution in [0.15, 0.2) is 100 Å². The van der Waals surface area contributed by atoms with Crippen molar-refractivity contribution in [2.75, 3.05) is 0 Å². The van der Waals surface area contributed by atoms with Crippen LogP contribution in [-0.2, 0) is 26.4 Å². The smallest absolute Gasteiger partial charge is 1.00 e. The summed E-state index contributed by atoms with van der Waals surface area (Å²) in [6.45, 7) is 0. The van der Waals surface area contributed by atoms with Gasteiger partial charge >= 0.3 is 171 Å². The maximum atomic E-state index is 2.47. The molecule has 2 aliphatic rings. The fourth-order valence-electron chi connectivity index (χ4n) is 4.43. The Labute approximate surface area is 194 Å². The normalized spacial score (nSPS) is 13.9. The summed E-state index contributed by atoms with van der Waals surface area (Å²) in [5.74, 6) is 0. The van der Waals surface area contributed by atoms with Crippen molar-refractivity contribution in [3.8, 4) is 11.1 Å². The average molecular weight is 513 g/mol. The van der Waals surface area contributed by atoms with Gasteiger partial charge in [0, 0.05) is 0 Å². The molecule has 0 heterocycles. The Morgan fingerprint density at radius 2 is 1.34 bits per heavy atom. The van der Waals surface area contributed by atoms with Crippen molar-refractivity contribution in [3.63, 3.8) is 0 Å². The van der Waals surface area contributed by atoms with Gasteiger partial charge in [0.25, 0.3) is 0 Å². The second-order valence-electron chi connectivity index (χ2n) is 7.28. The molecule has 0 radical (unpaired) electrons. The van der Waals surface area contributed by atoms with Crippen LogP contribution in [0.2, 0.25) is 0 Å². The molecule has 2 aliphatic carbocycles. The Kier molecular flexibility index (Phi) is 7.93.